The number of nitrogens with zero attached hydrogens (tertiary/aromatic N) is 4. The van der Waals surface area contributed by atoms with Gasteiger partial charge in [0.1, 0.15) is 11.7 Å². The van der Waals surface area contributed by atoms with Gasteiger partial charge in [-0.1, -0.05) is 50.6 Å². The molecule has 0 atom stereocenters. The summed E-state index contributed by atoms with van der Waals surface area (Å²) in [7, 11) is 0. The van der Waals surface area contributed by atoms with Crippen LogP contribution in [0, 0.1) is 12.3 Å². The number of amides is 1. The van der Waals surface area contributed by atoms with Crippen molar-refractivity contribution in [2.75, 3.05) is 6.54 Å². The fourth-order valence-corrected chi connectivity index (χ4v) is 2.70. The first-order valence-corrected chi connectivity index (χ1v) is 9.00. The summed E-state index contributed by atoms with van der Waals surface area (Å²) in [5, 5.41) is 7.62. The van der Waals surface area contributed by atoms with E-state index in [1.165, 1.54) is 5.56 Å². The molecule has 0 aliphatic carbocycles. The molecular formula is C20H25N5O2. The van der Waals surface area contributed by atoms with Crippen LogP contribution in [0.25, 0.3) is 11.0 Å². The highest BCUT2D eigenvalue weighted by Gasteiger charge is 2.20. The minimum Gasteiger partial charge on any atom is -0.354 e. The van der Waals surface area contributed by atoms with Gasteiger partial charge < -0.3 is 5.32 Å². The Labute approximate surface area is 158 Å². The Hall–Kier alpha value is -2.96. The Morgan fingerprint density at radius 2 is 1.89 bits per heavy atom. The molecule has 0 aliphatic heterocycles. The van der Waals surface area contributed by atoms with E-state index in [-0.39, 0.29) is 11.5 Å². The van der Waals surface area contributed by atoms with Crippen molar-refractivity contribution in [3.05, 3.63) is 58.3 Å². The molecule has 0 unspecified atom stereocenters. The number of hydrogen-bond acceptors (Lipinski definition) is 4. The van der Waals surface area contributed by atoms with Crippen LogP contribution in [0.5, 0.6) is 0 Å². The number of carbonyl (C=O) groups excluding carboxylic acids is 1. The van der Waals surface area contributed by atoms with Crippen LogP contribution in [0.3, 0.4) is 0 Å². The first kappa shape index (κ1) is 18.8. The third-order valence-corrected chi connectivity index (χ3v) is 4.39. The standard InChI is InChI=1S/C20H25N5O2/c1-14-5-7-15(8-6-14)12-24-13-22-17-16(18(24)26)11-23-25(17)10-9-21-19(27)20(2,3)4/h5-8,11,13H,9-10,12H2,1-4H3,(H,21,27). The smallest absolute Gasteiger partial charge is 0.264 e. The molecule has 3 aromatic rings. The maximum absolute atomic E-state index is 12.7. The number of fused-ring (bicyclic) bond motifs is 1. The van der Waals surface area contributed by atoms with Gasteiger partial charge in [-0.25, -0.2) is 9.67 Å². The molecule has 0 saturated carbocycles. The van der Waals surface area contributed by atoms with Crippen molar-refractivity contribution in [3.63, 3.8) is 0 Å². The number of carbonyl (C=O) groups is 1. The number of aromatic nitrogens is 4. The molecule has 0 saturated heterocycles. The zero-order valence-corrected chi connectivity index (χ0v) is 16.2. The second kappa shape index (κ2) is 7.34. The Morgan fingerprint density at radius 3 is 2.56 bits per heavy atom. The van der Waals surface area contributed by atoms with Crippen LogP contribution in [-0.2, 0) is 17.9 Å². The number of rotatable bonds is 5. The zero-order valence-electron chi connectivity index (χ0n) is 16.2. The molecule has 142 valence electrons. The highest BCUT2D eigenvalue weighted by molar-refractivity contribution is 5.81. The summed E-state index contributed by atoms with van der Waals surface area (Å²) in [4.78, 5) is 29.1. The van der Waals surface area contributed by atoms with E-state index < -0.39 is 5.41 Å². The van der Waals surface area contributed by atoms with Gasteiger partial charge in [0.05, 0.1) is 19.3 Å². The van der Waals surface area contributed by atoms with Crippen LogP contribution in [-0.4, -0.2) is 31.8 Å². The highest BCUT2D eigenvalue weighted by Crippen LogP contribution is 2.12. The lowest BCUT2D eigenvalue weighted by Crippen LogP contribution is -2.36. The van der Waals surface area contributed by atoms with Gasteiger partial charge in [0.2, 0.25) is 5.91 Å². The number of aryl methyl sites for hydroxylation is 1. The van der Waals surface area contributed by atoms with Gasteiger partial charge in [-0.2, -0.15) is 5.10 Å². The predicted molar refractivity (Wildman–Crippen MR) is 105 cm³/mol. The second-order valence-corrected chi connectivity index (χ2v) is 7.77. The maximum atomic E-state index is 12.7. The van der Waals surface area contributed by atoms with Gasteiger partial charge in [0.15, 0.2) is 5.65 Å². The van der Waals surface area contributed by atoms with Crippen molar-refractivity contribution in [1.29, 1.82) is 0 Å². The van der Waals surface area contributed by atoms with Crippen LogP contribution in [0.1, 0.15) is 31.9 Å². The molecule has 3 rings (SSSR count). The van der Waals surface area contributed by atoms with Gasteiger partial charge in [-0.3, -0.25) is 14.2 Å². The lowest BCUT2D eigenvalue weighted by molar-refractivity contribution is -0.128. The predicted octanol–water partition coefficient (Wildman–Crippen LogP) is 2.11. The molecule has 1 amide bonds. The monoisotopic (exact) mass is 367 g/mol. The minimum atomic E-state index is -0.436. The number of benzene rings is 1. The molecular weight excluding hydrogens is 342 g/mol. The molecule has 2 aromatic heterocycles. The zero-order chi connectivity index (χ0) is 19.6. The Balaban J connectivity index is 1.75. The summed E-state index contributed by atoms with van der Waals surface area (Å²) in [6.07, 6.45) is 3.10. The lowest BCUT2D eigenvalue weighted by Gasteiger charge is -2.17. The van der Waals surface area contributed by atoms with Gasteiger partial charge in [0.25, 0.3) is 5.56 Å². The van der Waals surface area contributed by atoms with Crippen LogP contribution in [0.2, 0.25) is 0 Å². The van der Waals surface area contributed by atoms with Crippen LogP contribution in [0.4, 0.5) is 0 Å². The van der Waals surface area contributed by atoms with Crippen molar-refractivity contribution in [2.24, 2.45) is 5.41 Å². The average molecular weight is 367 g/mol. The Morgan fingerprint density at radius 1 is 1.19 bits per heavy atom. The summed E-state index contributed by atoms with van der Waals surface area (Å²) in [6.45, 7) is 8.98. The summed E-state index contributed by atoms with van der Waals surface area (Å²) in [5.74, 6) is -0.0209. The van der Waals surface area contributed by atoms with Crippen molar-refractivity contribution >= 4 is 16.9 Å². The van der Waals surface area contributed by atoms with E-state index in [9.17, 15) is 9.59 Å². The van der Waals surface area contributed by atoms with Crippen molar-refractivity contribution in [2.45, 2.75) is 40.8 Å². The van der Waals surface area contributed by atoms with Crippen LogP contribution < -0.4 is 10.9 Å². The van der Waals surface area contributed by atoms with Crippen molar-refractivity contribution < 1.29 is 4.79 Å². The van der Waals surface area contributed by atoms with Gasteiger partial charge >= 0.3 is 0 Å². The quantitative estimate of drug-likeness (QED) is 0.749. The molecule has 0 bridgehead atoms. The molecule has 7 nitrogen and oxygen atoms in total. The first-order chi connectivity index (χ1) is 12.8. The minimum absolute atomic E-state index is 0.0209. The molecule has 0 spiro atoms. The van der Waals surface area contributed by atoms with Crippen LogP contribution in [0.15, 0.2) is 41.6 Å². The topological polar surface area (TPSA) is 81.8 Å². The SMILES string of the molecule is Cc1ccc(Cn2cnc3c(cnn3CCNC(=O)C(C)(C)C)c2=O)cc1. The van der Waals surface area contributed by atoms with E-state index in [1.54, 1.807) is 21.8 Å². The van der Waals surface area contributed by atoms with Crippen molar-refractivity contribution in [3.8, 4) is 0 Å². The number of hydrogen-bond donors (Lipinski definition) is 1. The second-order valence-electron chi connectivity index (χ2n) is 7.77. The fraction of sp³-hybridized carbons (Fsp3) is 0.400. The Bertz CT molecular complexity index is 1010. The summed E-state index contributed by atoms with van der Waals surface area (Å²) >= 11 is 0. The van der Waals surface area contributed by atoms with Gasteiger partial charge in [-0.05, 0) is 12.5 Å². The van der Waals surface area contributed by atoms with Crippen LogP contribution >= 0.6 is 0 Å². The molecule has 7 heteroatoms. The van der Waals surface area contributed by atoms with Gasteiger partial charge in [0, 0.05) is 12.0 Å². The maximum Gasteiger partial charge on any atom is 0.264 e. The largest absolute Gasteiger partial charge is 0.354 e. The van der Waals surface area contributed by atoms with E-state index in [4.69, 9.17) is 0 Å². The summed E-state index contributed by atoms with van der Waals surface area (Å²) < 4.78 is 3.23. The molecule has 0 aliphatic rings. The molecule has 1 aromatic carbocycles. The first-order valence-electron chi connectivity index (χ1n) is 9.00. The third-order valence-electron chi connectivity index (χ3n) is 4.39. The lowest BCUT2D eigenvalue weighted by atomic mass is 9.96. The molecule has 2 heterocycles. The highest BCUT2D eigenvalue weighted by atomic mass is 16.2. The van der Waals surface area contributed by atoms with Crippen molar-refractivity contribution in [1.82, 2.24) is 24.6 Å². The van der Waals surface area contributed by atoms with Gasteiger partial charge in [-0.15, -0.1) is 0 Å². The molecule has 1 N–H and O–H groups in total. The molecule has 0 fully saturated rings. The van der Waals surface area contributed by atoms with E-state index in [1.807, 2.05) is 52.0 Å². The fourth-order valence-electron chi connectivity index (χ4n) is 2.70. The molecule has 27 heavy (non-hydrogen) atoms. The number of nitrogens with one attached hydrogen (secondary N) is 1. The van der Waals surface area contributed by atoms with E-state index in [0.717, 1.165) is 5.56 Å². The summed E-state index contributed by atoms with van der Waals surface area (Å²) in [5.41, 5.74) is 2.20. The van der Waals surface area contributed by atoms with E-state index >= 15 is 0 Å². The Kier molecular flexibility index (Phi) is 5.12. The van der Waals surface area contributed by atoms with E-state index in [2.05, 4.69) is 15.4 Å². The summed E-state index contributed by atoms with van der Waals surface area (Å²) in [6, 6.07) is 8.06. The molecule has 0 radical (unpaired) electrons. The third kappa shape index (κ3) is 4.24. The van der Waals surface area contributed by atoms with E-state index in [0.29, 0.717) is 30.7 Å². The normalized spacial score (nSPS) is 11.7. The average Bonchev–Trinajstić information content (AvgIpc) is 3.02.